The molecule has 1 rings (SSSR count). The largest absolute Gasteiger partial charge is 0.494 e. The Bertz CT molecular complexity index is 393. The van der Waals surface area contributed by atoms with E-state index in [1.165, 1.54) is 0 Å². The summed E-state index contributed by atoms with van der Waals surface area (Å²) in [6.07, 6.45) is 1.85. The van der Waals surface area contributed by atoms with Gasteiger partial charge in [-0.15, -0.1) is 0 Å². The molecule has 0 heterocycles. The van der Waals surface area contributed by atoms with E-state index in [0.29, 0.717) is 19.4 Å². The molecule has 1 aromatic rings. The monoisotopic (exact) mass is 265 g/mol. The molecule has 0 saturated carbocycles. The minimum Gasteiger partial charge on any atom is -0.494 e. The van der Waals surface area contributed by atoms with Crippen molar-refractivity contribution in [1.29, 1.82) is 0 Å². The first-order valence-corrected chi connectivity index (χ1v) is 6.77. The van der Waals surface area contributed by atoms with Crippen molar-refractivity contribution in [2.75, 3.05) is 13.2 Å². The molecule has 1 aromatic carbocycles. The lowest BCUT2D eigenvalue weighted by Crippen LogP contribution is -2.33. The summed E-state index contributed by atoms with van der Waals surface area (Å²) in [5.41, 5.74) is 0.942. The van der Waals surface area contributed by atoms with Crippen LogP contribution in [0.15, 0.2) is 24.3 Å². The van der Waals surface area contributed by atoms with Gasteiger partial charge in [-0.2, -0.15) is 0 Å². The Balaban J connectivity index is 2.45. The van der Waals surface area contributed by atoms with E-state index in [0.717, 1.165) is 17.7 Å². The van der Waals surface area contributed by atoms with Crippen LogP contribution in [0.4, 0.5) is 0 Å². The molecule has 0 aliphatic rings. The fraction of sp³-hybridized carbons (Fsp3) is 0.533. The van der Waals surface area contributed by atoms with Crippen LogP contribution in [0.5, 0.6) is 5.75 Å². The smallest absolute Gasteiger partial charge is 0.224 e. The van der Waals surface area contributed by atoms with Crippen molar-refractivity contribution in [2.45, 2.75) is 39.2 Å². The van der Waals surface area contributed by atoms with Crippen LogP contribution in [-0.4, -0.2) is 30.3 Å². The van der Waals surface area contributed by atoms with Gasteiger partial charge in [0.15, 0.2) is 0 Å². The van der Waals surface area contributed by atoms with Gasteiger partial charge in [0, 0.05) is 12.6 Å². The quantitative estimate of drug-likeness (QED) is 0.755. The van der Waals surface area contributed by atoms with Crippen LogP contribution in [0.25, 0.3) is 0 Å². The van der Waals surface area contributed by atoms with E-state index in [-0.39, 0.29) is 18.6 Å². The van der Waals surface area contributed by atoms with Gasteiger partial charge in [-0.3, -0.25) is 4.79 Å². The summed E-state index contributed by atoms with van der Waals surface area (Å²) >= 11 is 0. The number of aliphatic hydroxyl groups excluding tert-OH is 1. The summed E-state index contributed by atoms with van der Waals surface area (Å²) in [6.45, 7) is 4.66. The Morgan fingerprint density at radius 3 is 2.95 bits per heavy atom. The van der Waals surface area contributed by atoms with Gasteiger partial charge in [0.1, 0.15) is 5.75 Å². The van der Waals surface area contributed by atoms with Gasteiger partial charge < -0.3 is 15.2 Å². The third-order valence-electron chi connectivity index (χ3n) is 2.78. The van der Waals surface area contributed by atoms with E-state index in [9.17, 15) is 4.79 Å². The minimum atomic E-state index is -0.000844. The molecule has 0 spiro atoms. The van der Waals surface area contributed by atoms with Crippen LogP contribution in [0.2, 0.25) is 0 Å². The van der Waals surface area contributed by atoms with E-state index < -0.39 is 0 Å². The van der Waals surface area contributed by atoms with E-state index in [1.54, 1.807) is 0 Å². The van der Waals surface area contributed by atoms with Crippen molar-refractivity contribution in [2.24, 2.45) is 0 Å². The van der Waals surface area contributed by atoms with Crippen LogP contribution in [0.1, 0.15) is 32.3 Å². The van der Waals surface area contributed by atoms with Gasteiger partial charge in [-0.1, -0.05) is 12.1 Å². The molecule has 4 nitrogen and oxygen atoms in total. The van der Waals surface area contributed by atoms with Gasteiger partial charge in [-0.25, -0.2) is 0 Å². The summed E-state index contributed by atoms with van der Waals surface area (Å²) in [6, 6.07) is 7.68. The number of rotatable bonds is 8. The number of hydrogen-bond acceptors (Lipinski definition) is 3. The molecule has 2 N–H and O–H groups in total. The van der Waals surface area contributed by atoms with Crippen molar-refractivity contribution in [3.05, 3.63) is 29.8 Å². The predicted molar refractivity (Wildman–Crippen MR) is 75.2 cm³/mol. The topological polar surface area (TPSA) is 58.6 Å². The first kappa shape index (κ1) is 15.5. The molecule has 0 aromatic heterocycles. The highest BCUT2D eigenvalue weighted by Crippen LogP contribution is 2.13. The first-order chi connectivity index (χ1) is 9.15. The number of carbonyl (C=O) groups excluding carboxylic acids is 1. The zero-order valence-corrected chi connectivity index (χ0v) is 11.7. The second kappa shape index (κ2) is 8.53. The van der Waals surface area contributed by atoms with E-state index in [4.69, 9.17) is 9.84 Å². The Morgan fingerprint density at radius 1 is 1.47 bits per heavy atom. The lowest BCUT2D eigenvalue weighted by Gasteiger charge is -2.13. The highest BCUT2D eigenvalue weighted by molar-refractivity contribution is 5.78. The number of nitrogens with one attached hydrogen (secondary N) is 1. The van der Waals surface area contributed by atoms with Gasteiger partial charge in [-0.05, 0) is 44.4 Å². The van der Waals surface area contributed by atoms with Crippen LogP contribution < -0.4 is 10.1 Å². The van der Waals surface area contributed by atoms with Gasteiger partial charge >= 0.3 is 0 Å². The van der Waals surface area contributed by atoms with Crippen molar-refractivity contribution >= 4 is 5.91 Å². The average molecular weight is 265 g/mol. The molecule has 1 unspecified atom stereocenters. The molecule has 1 amide bonds. The fourth-order valence-electron chi connectivity index (χ4n) is 1.89. The molecule has 0 aliphatic heterocycles. The third kappa shape index (κ3) is 6.25. The van der Waals surface area contributed by atoms with Crippen molar-refractivity contribution in [1.82, 2.24) is 5.32 Å². The highest BCUT2D eigenvalue weighted by atomic mass is 16.5. The van der Waals surface area contributed by atoms with Crippen molar-refractivity contribution in [3.8, 4) is 5.75 Å². The number of amides is 1. The maximum Gasteiger partial charge on any atom is 0.224 e. The van der Waals surface area contributed by atoms with Crippen LogP contribution in [-0.2, 0) is 11.2 Å². The third-order valence-corrected chi connectivity index (χ3v) is 2.78. The first-order valence-electron chi connectivity index (χ1n) is 6.77. The Kier molecular flexibility index (Phi) is 6.97. The van der Waals surface area contributed by atoms with Gasteiger partial charge in [0.25, 0.3) is 0 Å². The van der Waals surface area contributed by atoms with Crippen LogP contribution in [0.3, 0.4) is 0 Å². The maximum atomic E-state index is 11.8. The molecule has 0 fully saturated rings. The average Bonchev–Trinajstić information content (AvgIpc) is 2.37. The summed E-state index contributed by atoms with van der Waals surface area (Å²) < 4.78 is 5.40. The summed E-state index contributed by atoms with van der Waals surface area (Å²) in [5.74, 6) is 0.792. The zero-order valence-electron chi connectivity index (χ0n) is 11.7. The molecule has 1 atom stereocenters. The maximum absolute atomic E-state index is 11.8. The lowest BCUT2D eigenvalue weighted by molar-refractivity contribution is -0.121. The second-order valence-electron chi connectivity index (χ2n) is 4.59. The molecule has 19 heavy (non-hydrogen) atoms. The number of ether oxygens (including phenoxy) is 1. The molecular formula is C15H23NO3. The number of hydrogen-bond donors (Lipinski definition) is 2. The second-order valence-corrected chi connectivity index (χ2v) is 4.59. The number of aliphatic hydroxyl groups is 1. The summed E-state index contributed by atoms with van der Waals surface area (Å²) in [5, 5.41) is 11.7. The summed E-state index contributed by atoms with van der Waals surface area (Å²) in [4.78, 5) is 11.8. The molecule has 0 aliphatic carbocycles. The van der Waals surface area contributed by atoms with Crippen molar-refractivity contribution in [3.63, 3.8) is 0 Å². The standard InChI is InChI=1S/C15H23NO3/c1-3-19-14-8-4-7-13(10-14)11-15(18)16-12(2)6-5-9-17/h4,7-8,10,12,17H,3,5-6,9,11H2,1-2H3,(H,16,18). The van der Waals surface area contributed by atoms with E-state index in [2.05, 4.69) is 5.32 Å². The Hall–Kier alpha value is -1.55. The molecule has 4 heteroatoms. The predicted octanol–water partition coefficient (Wildman–Crippen LogP) is 1.90. The lowest BCUT2D eigenvalue weighted by atomic mass is 10.1. The fourth-order valence-corrected chi connectivity index (χ4v) is 1.89. The SMILES string of the molecule is CCOc1cccc(CC(=O)NC(C)CCCO)c1. The Morgan fingerprint density at radius 2 is 2.26 bits per heavy atom. The van der Waals surface area contributed by atoms with Crippen LogP contribution in [0, 0.1) is 0 Å². The van der Waals surface area contributed by atoms with Crippen molar-refractivity contribution < 1.29 is 14.6 Å². The number of carbonyl (C=O) groups is 1. The molecule has 106 valence electrons. The Labute approximate surface area is 114 Å². The summed E-state index contributed by atoms with van der Waals surface area (Å²) in [7, 11) is 0. The molecule has 0 saturated heterocycles. The normalized spacial score (nSPS) is 11.9. The van der Waals surface area contributed by atoms with E-state index in [1.807, 2.05) is 38.1 Å². The van der Waals surface area contributed by atoms with E-state index >= 15 is 0 Å². The molecule has 0 radical (unpaired) electrons. The highest BCUT2D eigenvalue weighted by Gasteiger charge is 2.08. The van der Waals surface area contributed by atoms with Gasteiger partial charge in [0.2, 0.25) is 5.91 Å². The molecule has 0 bridgehead atoms. The minimum absolute atomic E-state index is 0.000844. The number of benzene rings is 1. The molecular weight excluding hydrogens is 242 g/mol. The zero-order chi connectivity index (χ0) is 14.1. The van der Waals surface area contributed by atoms with Gasteiger partial charge in [0.05, 0.1) is 13.0 Å². The van der Waals surface area contributed by atoms with Crippen LogP contribution >= 0.6 is 0 Å².